The fourth-order valence-corrected chi connectivity index (χ4v) is 3.28. The van der Waals surface area contributed by atoms with Crippen LogP contribution in [0.5, 0.6) is 0 Å². The first-order chi connectivity index (χ1) is 8.75. The highest BCUT2D eigenvalue weighted by molar-refractivity contribution is 4.75. The average Bonchev–Trinajstić information content (AvgIpc) is 2.40. The number of nitrogens with zero attached hydrogens (tertiary/aromatic N) is 2. The summed E-state index contributed by atoms with van der Waals surface area (Å²) in [5.74, 6) is 0.954. The van der Waals surface area contributed by atoms with Gasteiger partial charge in [-0.25, -0.2) is 0 Å². The molecule has 1 N–H and O–H groups in total. The highest BCUT2D eigenvalue weighted by atomic mass is 15.3. The van der Waals surface area contributed by atoms with E-state index in [0.29, 0.717) is 0 Å². The van der Waals surface area contributed by atoms with Crippen LogP contribution in [0.1, 0.15) is 39.5 Å². The summed E-state index contributed by atoms with van der Waals surface area (Å²) >= 11 is 0. The Kier molecular flexibility index (Phi) is 5.93. The fourth-order valence-electron chi connectivity index (χ4n) is 3.28. The fraction of sp³-hybridized carbons (Fsp3) is 1.00. The number of nitrogens with one attached hydrogen (secondary N) is 1. The third-order valence-electron chi connectivity index (χ3n) is 4.62. The van der Waals surface area contributed by atoms with E-state index in [0.717, 1.165) is 12.0 Å². The maximum Gasteiger partial charge on any atom is 0.0113 e. The van der Waals surface area contributed by atoms with Crippen LogP contribution in [-0.4, -0.2) is 61.7 Å². The molecule has 0 radical (unpaired) electrons. The molecule has 1 unspecified atom stereocenters. The molecule has 0 spiro atoms. The second-order valence-electron chi connectivity index (χ2n) is 6.33. The molecule has 0 aromatic rings. The van der Waals surface area contributed by atoms with Crippen molar-refractivity contribution >= 4 is 0 Å². The molecule has 106 valence electrons. The summed E-state index contributed by atoms with van der Waals surface area (Å²) in [5, 5.41) is 3.52. The van der Waals surface area contributed by atoms with E-state index in [-0.39, 0.29) is 0 Å². The van der Waals surface area contributed by atoms with Crippen LogP contribution in [0.25, 0.3) is 0 Å². The normalized spacial score (nSPS) is 27.8. The lowest BCUT2D eigenvalue weighted by molar-refractivity contribution is 0.106. The van der Waals surface area contributed by atoms with Crippen LogP contribution in [0, 0.1) is 5.92 Å². The molecular formula is C15H31N3. The first-order valence-electron chi connectivity index (χ1n) is 7.93. The average molecular weight is 253 g/mol. The van der Waals surface area contributed by atoms with Crippen LogP contribution in [0.15, 0.2) is 0 Å². The monoisotopic (exact) mass is 253 g/mol. The predicted molar refractivity (Wildman–Crippen MR) is 78.0 cm³/mol. The van der Waals surface area contributed by atoms with Crippen molar-refractivity contribution in [3.63, 3.8) is 0 Å². The van der Waals surface area contributed by atoms with Crippen molar-refractivity contribution in [3.05, 3.63) is 0 Å². The van der Waals surface area contributed by atoms with E-state index >= 15 is 0 Å². The molecule has 2 aliphatic heterocycles. The van der Waals surface area contributed by atoms with Crippen molar-refractivity contribution in [2.75, 3.05) is 45.8 Å². The molecule has 18 heavy (non-hydrogen) atoms. The molecular weight excluding hydrogens is 222 g/mol. The molecule has 0 amide bonds. The zero-order chi connectivity index (χ0) is 12.8. The smallest absolute Gasteiger partial charge is 0.0113 e. The number of piperidine rings is 1. The first kappa shape index (κ1) is 14.3. The topological polar surface area (TPSA) is 18.5 Å². The van der Waals surface area contributed by atoms with E-state index < -0.39 is 0 Å². The van der Waals surface area contributed by atoms with Crippen LogP contribution < -0.4 is 5.32 Å². The summed E-state index contributed by atoms with van der Waals surface area (Å²) in [6, 6.07) is 0.723. The standard InChI is InChI=1S/C15H31N3/c1-14(2)18-11-9-17(10-12-18)8-4-6-15-5-3-7-16-13-15/h14-16H,3-13H2,1-2H3. The van der Waals surface area contributed by atoms with Crippen molar-refractivity contribution < 1.29 is 0 Å². The summed E-state index contributed by atoms with van der Waals surface area (Å²) < 4.78 is 0. The molecule has 3 nitrogen and oxygen atoms in total. The van der Waals surface area contributed by atoms with E-state index in [1.165, 1.54) is 71.5 Å². The third-order valence-corrected chi connectivity index (χ3v) is 4.62. The van der Waals surface area contributed by atoms with Crippen LogP contribution in [0.3, 0.4) is 0 Å². The van der Waals surface area contributed by atoms with Gasteiger partial charge in [0.1, 0.15) is 0 Å². The van der Waals surface area contributed by atoms with Gasteiger partial charge in [-0.05, 0) is 65.1 Å². The van der Waals surface area contributed by atoms with Crippen molar-refractivity contribution in [3.8, 4) is 0 Å². The molecule has 0 saturated carbocycles. The van der Waals surface area contributed by atoms with E-state index in [4.69, 9.17) is 0 Å². The van der Waals surface area contributed by atoms with Gasteiger partial charge in [-0.1, -0.05) is 0 Å². The third kappa shape index (κ3) is 4.52. The molecule has 2 rings (SSSR count). The van der Waals surface area contributed by atoms with Crippen LogP contribution in [0.4, 0.5) is 0 Å². The maximum atomic E-state index is 3.52. The maximum absolute atomic E-state index is 3.52. The van der Waals surface area contributed by atoms with E-state index in [1.807, 2.05) is 0 Å². The summed E-state index contributed by atoms with van der Waals surface area (Å²) in [4.78, 5) is 5.26. The highest BCUT2D eigenvalue weighted by Crippen LogP contribution is 2.16. The van der Waals surface area contributed by atoms with Gasteiger partial charge >= 0.3 is 0 Å². The summed E-state index contributed by atoms with van der Waals surface area (Å²) in [7, 11) is 0. The second kappa shape index (κ2) is 7.46. The van der Waals surface area contributed by atoms with Gasteiger partial charge in [0.2, 0.25) is 0 Å². The number of rotatable bonds is 5. The van der Waals surface area contributed by atoms with Crippen LogP contribution in [-0.2, 0) is 0 Å². The molecule has 0 aromatic heterocycles. The van der Waals surface area contributed by atoms with Gasteiger partial charge in [0.05, 0.1) is 0 Å². The van der Waals surface area contributed by atoms with Crippen LogP contribution in [0.2, 0.25) is 0 Å². The van der Waals surface area contributed by atoms with Gasteiger partial charge in [0.15, 0.2) is 0 Å². The minimum absolute atomic E-state index is 0.723. The Morgan fingerprint density at radius 2 is 1.94 bits per heavy atom. The quantitative estimate of drug-likeness (QED) is 0.806. The SMILES string of the molecule is CC(C)N1CCN(CCCC2CCCNC2)CC1. The molecule has 2 fully saturated rings. The van der Waals surface area contributed by atoms with Crippen molar-refractivity contribution in [2.24, 2.45) is 5.92 Å². The number of hydrogen-bond acceptors (Lipinski definition) is 3. The van der Waals surface area contributed by atoms with E-state index in [9.17, 15) is 0 Å². The van der Waals surface area contributed by atoms with Crippen molar-refractivity contribution in [1.82, 2.24) is 15.1 Å². The van der Waals surface area contributed by atoms with Crippen molar-refractivity contribution in [2.45, 2.75) is 45.6 Å². The predicted octanol–water partition coefficient (Wildman–Crippen LogP) is 1.79. The molecule has 0 aromatic carbocycles. The summed E-state index contributed by atoms with van der Waals surface area (Å²) in [6.45, 7) is 13.5. The molecule has 3 heteroatoms. The number of hydrogen-bond donors (Lipinski definition) is 1. The molecule has 1 atom stereocenters. The van der Waals surface area contributed by atoms with Gasteiger partial charge < -0.3 is 10.2 Å². The Morgan fingerprint density at radius 1 is 1.17 bits per heavy atom. The van der Waals surface area contributed by atoms with Gasteiger partial charge in [-0.2, -0.15) is 0 Å². The molecule has 2 heterocycles. The van der Waals surface area contributed by atoms with Crippen LogP contribution >= 0.6 is 0 Å². The Balaban J connectivity index is 1.55. The minimum atomic E-state index is 0.723. The molecule has 2 aliphatic rings. The summed E-state index contributed by atoms with van der Waals surface area (Å²) in [5.41, 5.74) is 0. The highest BCUT2D eigenvalue weighted by Gasteiger charge is 2.19. The zero-order valence-corrected chi connectivity index (χ0v) is 12.3. The Bertz CT molecular complexity index is 216. The van der Waals surface area contributed by atoms with Gasteiger partial charge in [0, 0.05) is 32.2 Å². The lowest BCUT2D eigenvalue weighted by atomic mass is 9.94. The van der Waals surface area contributed by atoms with Gasteiger partial charge in [-0.3, -0.25) is 4.90 Å². The Labute approximate surface area is 113 Å². The molecule has 2 saturated heterocycles. The molecule has 0 aliphatic carbocycles. The first-order valence-corrected chi connectivity index (χ1v) is 7.93. The van der Waals surface area contributed by atoms with E-state index in [1.54, 1.807) is 0 Å². The second-order valence-corrected chi connectivity index (χ2v) is 6.33. The largest absolute Gasteiger partial charge is 0.316 e. The molecule has 0 bridgehead atoms. The van der Waals surface area contributed by atoms with Gasteiger partial charge in [0.25, 0.3) is 0 Å². The Hall–Kier alpha value is -0.120. The van der Waals surface area contributed by atoms with Crippen molar-refractivity contribution in [1.29, 1.82) is 0 Å². The minimum Gasteiger partial charge on any atom is -0.316 e. The zero-order valence-electron chi connectivity index (χ0n) is 12.3. The lowest BCUT2D eigenvalue weighted by Crippen LogP contribution is -2.49. The van der Waals surface area contributed by atoms with E-state index in [2.05, 4.69) is 29.0 Å². The lowest BCUT2D eigenvalue weighted by Gasteiger charge is -2.37. The number of piperazine rings is 1. The Morgan fingerprint density at radius 3 is 2.56 bits per heavy atom. The summed E-state index contributed by atoms with van der Waals surface area (Å²) in [6.07, 6.45) is 5.66. The van der Waals surface area contributed by atoms with Gasteiger partial charge in [-0.15, -0.1) is 0 Å².